The second-order valence-corrected chi connectivity index (χ2v) is 5.62. The molecule has 0 saturated heterocycles. The number of hydrogen-bond donors (Lipinski definition) is 2. The van der Waals surface area contributed by atoms with E-state index in [1.807, 2.05) is 42.5 Å². The minimum Gasteiger partial charge on any atom is -0.508 e. The third kappa shape index (κ3) is 4.19. The lowest BCUT2D eigenvalue weighted by atomic mass is 9.99. The largest absolute Gasteiger partial charge is 0.508 e. The van der Waals surface area contributed by atoms with E-state index < -0.39 is 5.97 Å². The van der Waals surface area contributed by atoms with E-state index in [0.29, 0.717) is 0 Å². The van der Waals surface area contributed by atoms with Gasteiger partial charge in [-0.3, -0.25) is 0 Å². The number of carboxylic acid groups (broad SMARTS) is 1. The molecule has 0 unspecified atom stereocenters. The molecule has 3 rings (SSSR count). The van der Waals surface area contributed by atoms with Crippen LogP contribution in [-0.4, -0.2) is 16.2 Å². The van der Waals surface area contributed by atoms with E-state index in [4.69, 9.17) is 5.11 Å². The smallest absolute Gasteiger partial charge is 0.335 e. The third-order valence-corrected chi connectivity index (χ3v) is 3.81. The first-order chi connectivity index (χ1) is 12.6. The SMILES string of the molecule is O=C(O)c1ccc(C#C/C=C/c2ccccc2-c2cccc(O)c2)cc1. The standard InChI is InChI=1S/C23H16O3/c24-21-10-5-9-20(16-21)22-11-4-3-8-18(22)7-2-1-6-17-12-14-19(15-13-17)23(25)26/h2-5,7-16,24H,(H,25,26)/b7-2+. The van der Waals surface area contributed by atoms with Gasteiger partial charge >= 0.3 is 5.97 Å². The predicted octanol–water partition coefficient (Wildman–Crippen LogP) is 4.82. The number of allylic oxidation sites excluding steroid dienone is 1. The highest BCUT2D eigenvalue weighted by Crippen LogP contribution is 2.27. The van der Waals surface area contributed by atoms with Gasteiger partial charge in [-0.1, -0.05) is 48.2 Å². The van der Waals surface area contributed by atoms with E-state index in [1.165, 1.54) is 12.1 Å². The topological polar surface area (TPSA) is 57.5 Å². The summed E-state index contributed by atoms with van der Waals surface area (Å²) in [7, 11) is 0. The highest BCUT2D eigenvalue weighted by Gasteiger charge is 2.02. The second kappa shape index (κ2) is 7.87. The summed E-state index contributed by atoms with van der Waals surface area (Å²) in [5.41, 5.74) is 3.93. The minimum atomic E-state index is -0.951. The van der Waals surface area contributed by atoms with E-state index in [1.54, 1.807) is 30.3 Å². The van der Waals surface area contributed by atoms with Crippen LogP contribution in [0.25, 0.3) is 17.2 Å². The van der Waals surface area contributed by atoms with Crippen molar-refractivity contribution in [2.45, 2.75) is 0 Å². The van der Waals surface area contributed by atoms with Gasteiger partial charge in [-0.2, -0.15) is 0 Å². The third-order valence-electron chi connectivity index (χ3n) is 3.81. The van der Waals surface area contributed by atoms with Crippen molar-refractivity contribution < 1.29 is 15.0 Å². The van der Waals surface area contributed by atoms with Crippen LogP contribution in [0, 0.1) is 11.8 Å². The van der Waals surface area contributed by atoms with Crippen LogP contribution in [0.4, 0.5) is 0 Å². The number of rotatable bonds is 3. The van der Waals surface area contributed by atoms with Gasteiger partial charge in [0.2, 0.25) is 0 Å². The summed E-state index contributed by atoms with van der Waals surface area (Å²) in [6.07, 6.45) is 3.67. The molecule has 0 aliphatic heterocycles. The maximum absolute atomic E-state index is 10.8. The van der Waals surface area contributed by atoms with Gasteiger partial charge in [0.1, 0.15) is 5.75 Å². The van der Waals surface area contributed by atoms with Crippen molar-refractivity contribution in [1.82, 2.24) is 0 Å². The van der Waals surface area contributed by atoms with E-state index in [-0.39, 0.29) is 11.3 Å². The van der Waals surface area contributed by atoms with Crippen molar-refractivity contribution in [3.63, 3.8) is 0 Å². The van der Waals surface area contributed by atoms with Crippen LogP contribution < -0.4 is 0 Å². The van der Waals surface area contributed by atoms with Crippen molar-refractivity contribution in [3.05, 3.63) is 95.6 Å². The Bertz CT molecular complexity index is 1020. The maximum Gasteiger partial charge on any atom is 0.335 e. The van der Waals surface area contributed by atoms with Crippen molar-refractivity contribution >= 4 is 12.0 Å². The van der Waals surface area contributed by atoms with Gasteiger partial charge in [-0.15, -0.1) is 0 Å². The summed E-state index contributed by atoms with van der Waals surface area (Å²) < 4.78 is 0. The van der Waals surface area contributed by atoms with Gasteiger partial charge < -0.3 is 10.2 Å². The van der Waals surface area contributed by atoms with Gasteiger partial charge in [-0.25, -0.2) is 4.79 Å². The molecule has 0 radical (unpaired) electrons. The molecule has 3 heteroatoms. The number of hydrogen-bond acceptors (Lipinski definition) is 2. The molecule has 0 aliphatic rings. The number of benzene rings is 3. The predicted molar refractivity (Wildman–Crippen MR) is 103 cm³/mol. The van der Waals surface area contributed by atoms with Gasteiger partial charge in [-0.05, 0) is 65.2 Å². The molecule has 2 N–H and O–H groups in total. The Hall–Kier alpha value is -3.77. The van der Waals surface area contributed by atoms with Gasteiger partial charge in [0.05, 0.1) is 5.56 Å². The number of phenolic OH excluding ortho intramolecular Hbond substituents is 1. The maximum atomic E-state index is 10.8. The first-order valence-electron chi connectivity index (χ1n) is 8.03. The quantitative estimate of drug-likeness (QED) is 0.672. The molecule has 0 aromatic heterocycles. The van der Waals surface area contributed by atoms with Gasteiger partial charge in [0.25, 0.3) is 0 Å². The molecular weight excluding hydrogens is 324 g/mol. The molecule has 3 nitrogen and oxygen atoms in total. The molecule has 26 heavy (non-hydrogen) atoms. The monoisotopic (exact) mass is 340 g/mol. The fourth-order valence-corrected chi connectivity index (χ4v) is 2.53. The lowest BCUT2D eigenvalue weighted by Crippen LogP contribution is -1.94. The van der Waals surface area contributed by atoms with E-state index in [9.17, 15) is 9.90 Å². The highest BCUT2D eigenvalue weighted by molar-refractivity contribution is 5.87. The Labute approximate surface area is 151 Å². The van der Waals surface area contributed by atoms with Crippen LogP contribution in [0.5, 0.6) is 5.75 Å². The molecule has 0 saturated carbocycles. The van der Waals surface area contributed by atoms with Crippen molar-refractivity contribution in [3.8, 4) is 28.7 Å². The molecule has 3 aromatic carbocycles. The summed E-state index contributed by atoms with van der Waals surface area (Å²) in [5.74, 6) is 5.22. The van der Waals surface area contributed by atoms with Gasteiger partial charge in [0.15, 0.2) is 0 Å². The zero-order chi connectivity index (χ0) is 18.4. The fourth-order valence-electron chi connectivity index (χ4n) is 2.53. The molecule has 0 bridgehead atoms. The summed E-state index contributed by atoms with van der Waals surface area (Å²) in [4.78, 5) is 10.8. The Morgan fingerprint density at radius 1 is 0.923 bits per heavy atom. The second-order valence-electron chi connectivity index (χ2n) is 5.62. The Balaban J connectivity index is 1.81. The number of phenols is 1. The molecule has 126 valence electrons. The highest BCUT2D eigenvalue weighted by atomic mass is 16.4. The normalized spacial score (nSPS) is 10.3. The minimum absolute atomic E-state index is 0.228. The van der Waals surface area contributed by atoms with Crippen molar-refractivity contribution in [1.29, 1.82) is 0 Å². The summed E-state index contributed by atoms with van der Waals surface area (Å²) in [6, 6.07) is 21.4. The van der Waals surface area contributed by atoms with Crippen LogP contribution in [0.3, 0.4) is 0 Å². The molecule has 0 amide bonds. The summed E-state index contributed by atoms with van der Waals surface area (Å²) >= 11 is 0. The molecule has 3 aromatic rings. The van der Waals surface area contributed by atoms with Crippen LogP contribution in [0.15, 0.2) is 78.9 Å². The molecule has 0 heterocycles. The van der Waals surface area contributed by atoms with Crippen molar-refractivity contribution in [2.24, 2.45) is 0 Å². The summed E-state index contributed by atoms with van der Waals surface area (Å²) in [5, 5.41) is 18.6. The Morgan fingerprint density at radius 3 is 2.42 bits per heavy atom. The average Bonchev–Trinajstić information content (AvgIpc) is 2.66. The Kier molecular flexibility index (Phi) is 5.16. The molecule has 0 aliphatic carbocycles. The molecule has 0 spiro atoms. The van der Waals surface area contributed by atoms with E-state index >= 15 is 0 Å². The zero-order valence-electron chi connectivity index (χ0n) is 13.9. The molecule has 0 fully saturated rings. The van der Waals surface area contributed by atoms with Crippen LogP contribution >= 0.6 is 0 Å². The van der Waals surface area contributed by atoms with E-state index in [2.05, 4.69) is 11.8 Å². The van der Waals surface area contributed by atoms with Crippen LogP contribution in [0.2, 0.25) is 0 Å². The molecular formula is C23H16O3. The first kappa shape index (κ1) is 17.1. The average molecular weight is 340 g/mol. The van der Waals surface area contributed by atoms with Crippen LogP contribution in [0.1, 0.15) is 21.5 Å². The zero-order valence-corrected chi connectivity index (χ0v) is 13.9. The first-order valence-corrected chi connectivity index (χ1v) is 8.03. The number of carboxylic acids is 1. The lowest BCUT2D eigenvalue weighted by molar-refractivity contribution is 0.0697. The van der Waals surface area contributed by atoms with E-state index in [0.717, 1.165) is 22.3 Å². The Morgan fingerprint density at radius 2 is 1.69 bits per heavy atom. The summed E-state index contributed by atoms with van der Waals surface area (Å²) in [6.45, 7) is 0. The number of carbonyl (C=O) groups is 1. The number of aromatic carboxylic acids is 1. The lowest BCUT2D eigenvalue weighted by Gasteiger charge is -2.06. The van der Waals surface area contributed by atoms with Crippen molar-refractivity contribution in [2.75, 3.05) is 0 Å². The van der Waals surface area contributed by atoms with Crippen LogP contribution in [-0.2, 0) is 0 Å². The fraction of sp³-hybridized carbons (Fsp3) is 0. The molecule has 0 atom stereocenters. The van der Waals surface area contributed by atoms with Gasteiger partial charge in [0, 0.05) is 5.56 Å². The number of aromatic hydroxyl groups is 1.